The molecule has 0 amide bonds. The van der Waals surface area contributed by atoms with Crippen molar-refractivity contribution in [2.45, 2.75) is 10.9 Å². The van der Waals surface area contributed by atoms with E-state index in [1.165, 1.54) is 5.39 Å². The summed E-state index contributed by atoms with van der Waals surface area (Å²) >= 11 is 0. The molecule has 0 saturated carbocycles. The Labute approximate surface area is 116 Å². The summed E-state index contributed by atoms with van der Waals surface area (Å²) in [5, 5.41) is 5.42. The van der Waals surface area contributed by atoms with Crippen LogP contribution in [0.15, 0.2) is 47.4 Å². The van der Waals surface area contributed by atoms with Crippen molar-refractivity contribution in [1.29, 1.82) is 0 Å². The second kappa shape index (κ2) is 6.80. The van der Waals surface area contributed by atoms with Crippen LogP contribution in [-0.4, -0.2) is 36.8 Å². The number of hydrogen-bond donors (Lipinski definition) is 1. The Kier molecular flexibility index (Phi) is 5.07. The highest BCUT2D eigenvalue weighted by atomic mass is 32.2. The summed E-state index contributed by atoms with van der Waals surface area (Å²) in [5.41, 5.74) is 0. The summed E-state index contributed by atoms with van der Waals surface area (Å²) in [6.07, 6.45) is 0. The third kappa shape index (κ3) is 3.62. The number of hydrogen-bond acceptors (Lipinski definition) is 3. The molecule has 4 heteroatoms. The minimum Gasteiger partial charge on any atom is -0.383 e. The lowest BCUT2D eigenvalue weighted by Gasteiger charge is -2.14. The maximum absolute atomic E-state index is 12.3. The molecule has 0 heterocycles. The molecule has 0 aromatic heterocycles. The summed E-state index contributed by atoms with van der Waals surface area (Å²) < 4.78 is 17.5. The Bertz CT molecular complexity index is 571. The monoisotopic (exact) mass is 277 g/mol. The van der Waals surface area contributed by atoms with Crippen LogP contribution in [0, 0.1) is 0 Å². The quantitative estimate of drug-likeness (QED) is 0.879. The van der Waals surface area contributed by atoms with E-state index in [0.29, 0.717) is 12.4 Å². The topological polar surface area (TPSA) is 38.3 Å². The van der Waals surface area contributed by atoms with E-state index in [9.17, 15) is 4.21 Å². The van der Waals surface area contributed by atoms with Gasteiger partial charge >= 0.3 is 0 Å². The van der Waals surface area contributed by atoms with Gasteiger partial charge in [-0.2, -0.15) is 0 Å². The zero-order valence-electron chi connectivity index (χ0n) is 11.3. The van der Waals surface area contributed by atoms with E-state index in [0.717, 1.165) is 10.3 Å². The smallest absolute Gasteiger partial charge is 0.0624 e. The SMILES string of the molecule is CNC(COC)CS(=O)c1ccc2ccccc2c1. The lowest BCUT2D eigenvalue weighted by atomic mass is 10.1. The number of likely N-dealkylation sites (N-methyl/N-ethyl adjacent to an activating group) is 1. The van der Waals surface area contributed by atoms with Gasteiger partial charge in [0.25, 0.3) is 0 Å². The van der Waals surface area contributed by atoms with E-state index in [-0.39, 0.29) is 6.04 Å². The van der Waals surface area contributed by atoms with Crippen molar-refractivity contribution in [3.05, 3.63) is 42.5 Å². The fourth-order valence-corrected chi connectivity index (χ4v) is 3.30. The molecule has 0 aliphatic heterocycles. The summed E-state index contributed by atoms with van der Waals surface area (Å²) in [4.78, 5) is 0.870. The summed E-state index contributed by atoms with van der Waals surface area (Å²) in [6.45, 7) is 0.565. The molecule has 0 aliphatic carbocycles. The first-order chi connectivity index (χ1) is 9.24. The largest absolute Gasteiger partial charge is 0.383 e. The van der Waals surface area contributed by atoms with Gasteiger partial charge in [0, 0.05) is 23.8 Å². The van der Waals surface area contributed by atoms with Gasteiger partial charge in [-0.3, -0.25) is 4.21 Å². The van der Waals surface area contributed by atoms with Crippen LogP contribution in [0.4, 0.5) is 0 Å². The van der Waals surface area contributed by atoms with Gasteiger partial charge < -0.3 is 10.1 Å². The molecule has 0 saturated heterocycles. The normalized spacial score (nSPS) is 14.4. The van der Waals surface area contributed by atoms with E-state index in [4.69, 9.17) is 4.74 Å². The highest BCUT2D eigenvalue weighted by Crippen LogP contribution is 2.18. The summed E-state index contributed by atoms with van der Waals surface area (Å²) in [7, 11) is 2.51. The van der Waals surface area contributed by atoms with Crippen molar-refractivity contribution in [3.8, 4) is 0 Å². The maximum atomic E-state index is 12.3. The lowest BCUT2D eigenvalue weighted by molar-refractivity contribution is 0.176. The maximum Gasteiger partial charge on any atom is 0.0624 e. The number of rotatable bonds is 6. The van der Waals surface area contributed by atoms with Crippen molar-refractivity contribution in [2.75, 3.05) is 26.5 Å². The Morgan fingerprint density at radius 2 is 1.95 bits per heavy atom. The minimum absolute atomic E-state index is 0.109. The van der Waals surface area contributed by atoms with Gasteiger partial charge in [0.05, 0.1) is 17.4 Å². The molecule has 2 atom stereocenters. The molecule has 0 aliphatic rings. The Balaban J connectivity index is 2.16. The van der Waals surface area contributed by atoms with Gasteiger partial charge in [0.2, 0.25) is 0 Å². The molecule has 1 N–H and O–H groups in total. The Morgan fingerprint density at radius 3 is 2.63 bits per heavy atom. The van der Waals surface area contributed by atoms with Crippen molar-refractivity contribution in [3.63, 3.8) is 0 Å². The number of fused-ring (bicyclic) bond motifs is 1. The van der Waals surface area contributed by atoms with Gasteiger partial charge in [-0.25, -0.2) is 0 Å². The molecule has 102 valence electrons. The van der Waals surface area contributed by atoms with Crippen LogP contribution in [0.1, 0.15) is 0 Å². The predicted octanol–water partition coefficient (Wildman–Crippen LogP) is 2.18. The van der Waals surface area contributed by atoms with Gasteiger partial charge in [-0.1, -0.05) is 30.3 Å². The van der Waals surface area contributed by atoms with E-state index >= 15 is 0 Å². The fourth-order valence-electron chi connectivity index (χ4n) is 2.00. The third-order valence-electron chi connectivity index (χ3n) is 3.11. The molecular formula is C15H19NO2S. The molecule has 0 spiro atoms. The molecule has 0 radical (unpaired) electrons. The second-order valence-electron chi connectivity index (χ2n) is 4.46. The van der Waals surface area contributed by atoms with Crippen molar-refractivity contribution < 1.29 is 8.95 Å². The van der Waals surface area contributed by atoms with Crippen molar-refractivity contribution >= 4 is 21.6 Å². The standard InChI is InChI=1S/C15H19NO2S/c1-16-14(10-18-2)11-19(17)15-8-7-12-5-3-4-6-13(12)9-15/h3-9,14,16H,10-11H2,1-2H3. The summed E-state index contributed by atoms with van der Waals surface area (Å²) in [5.74, 6) is 0.558. The Morgan fingerprint density at radius 1 is 1.21 bits per heavy atom. The van der Waals surface area contributed by atoms with Crippen LogP contribution in [0.2, 0.25) is 0 Å². The zero-order chi connectivity index (χ0) is 13.7. The zero-order valence-corrected chi connectivity index (χ0v) is 12.1. The summed E-state index contributed by atoms with van der Waals surface area (Å²) in [6, 6.07) is 14.2. The highest BCUT2D eigenvalue weighted by molar-refractivity contribution is 7.85. The molecule has 2 rings (SSSR count). The van der Waals surface area contributed by atoms with Gasteiger partial charge in [-0.05, 0) is 30.0 Å². The molecule has 3 nitrogen and oxygen atoms in total. The van der Waals surface area contributed by atoms with Gasteiger partial charge in [0.15, 0.2) is 0 Å². The molecule has 19 heavy (non-hydrogen) atoms. The number of nitrogens with one attached hydrogen (secondary N) is 1. The van der Waals surface area contributed by atoms with Crippen LogP contribution in [0.5, 0.6) is 0 Å². The second-order valence-corrected chi connectivity index (χ2v) is 5.96. The van der Waals surface area contributed by atoms with E-state index in [1.807, 2.05) is 43.4 Å². The number of ether oxygens (including phenoxy) is 1. The lowest BCUT2D eigenvalue weighted by Crippen LogP contribution is -2.35. The molecule has 2 aromatic carbocycles. The van der Waals surface area contributed by atoms with Gasteiger partial charge in [-0.15, -0.1) is 0 Å². The van der Waals surface area contributed by atoms with Crippen molar-refractivity contribution in [2.24, 2.45) is 0 Å². The predicted molar refractivity (Wildman–Crippen MR) is 79.9 cm³/mol. The average Bonchev–Trinajstić information content (AvgIpc) is 2.46. The van der Waals surface area contributed by atoms with Crippen LogP contribution < -0.4 is 5.32 Å². The van der Waals surface area contributed by atoms with Crippen LogP contribution in [0.25, 0.3) is 10.8 Å². The Hall–Kier alpha value is -1.23. The van der Waals surface area contributed by atoms with Crippen LogP contribution in [0.3, 0.4) is 0 Å². The van der Waals surface area contributed by atoms with Crippen LogP contribution in [-0.2, 0) is 15.5 Å². The van der Waals surface area contributed by atoms with Crippen molar-refractivity contribution in [1.82, 2.24) is 5.32 Å². The molecule has 0 bridgehead atoms. The molecule has 0 fully saturated rings. The molecule has 2 unspecified atom stereocenters. The van der Waals surface area contributed by atoms with Crippen LogP contribution >= 0.6 is 0 Å². The first kappa shape index (κ1) is 14.2. The first-order valence-electron chi connectivity index (χ1n) is 6.28. The minimum atomic E-state index is -1.01. The fraction of sp³-hybridized carbons (Fsp3) is 0.333. The third-order valence-corrected chi connectivity index (χ3v) is 4.60. The number of benzene rings is 2. The number of methoxy groups -OCH3 is 1. The van der Waals surface area contributed by atoms with E-state index in [2.05, 4.69) is 11.4 Å². The van der Waals surface area contributed by atoms with E-state index in [1.54, 1.807) is 7.11 Å². The first-order valence-corrected chi connectivity index (χ1v) is 7.60. The van der Waals surface area contributed by atoms with E-state index < -0.39 is 10.8 Å². The molecular weight excluding hydrogens is 258 g/mol. The van der Waals surface area contributed by atoms with Gasteiger partial charge in [0.1, 0.15) is 0 Å². The molecule has 2 aromatic rings. The highest BCUT2D eigenvalue weighted by Gasteiger charge is 2.12. The average molecular weight is 277 g/mol.